The highest BCUT2D eigenvalue weighted by atomic mass is 32.2. The molecule has 3 N–H and O–H groups in total. The van der Waals surface area contributed by atoms with Crippen molar-refractivity contribution in [3.8, 4) is 0 Å². The average Bonchev–Trinajstić information content (AvgIpc) is 3.38. The summed E-state index contributed by atoms with van der Waals surface area (Å²) in [6.45, 7) is 3.51. The third kappa shape index (κ3) is 4.34. The second-order valence-corrected chi connectivity index (χ2v) is 9.54. The smallest absolute Gasteiger partial charge is 0.320 e. The van der Waals surface area contributed by atoms with Crippen molar-refractivity contribution in [1.82, 2.24) is 4.90 Å². The third-order valence-corrected chi connectivity index (χ3v) is 7.62. The number of rotatable bonds is 6. The van der Waals surface area contributed by atoms with Crippen molar-refractivity contribution in [2.45, 2.75) is 35.4 Å². The molecule has 1 saturated heterocycles. The Hall–Kier alpha value is -1.64. The van der Waals surface area contributed by atoms with Gasteiger partial charge in [0, 0.05) is 30.3 Å². The molecule has 1 aromatic rings. The van der Waals surface area contributed by atoms with Crippen molar-refractivity contribution < 1.29 is 9.90 Å². The summed E-state index contributed by atoms with van der Waals surface area (Å²) in [6.07, 6.45) is 4.81. The molecule has 3 aliphatic rings. The Morgan fingerprint density at radius 3 is 3.00 bits per heavy atom. The number of carbonyl (C=O) groups is 1. The van der Waals surface area contributed by atoms with Crippen molar-refractivity contribution in [3.05, 3.63) is 29.7 Å². The van der Waals surface area contributed by atoms with Crippen LogP contribution in [0, 0.1) is 0 Å². The highest BCUT2D eigenvalue weighted by Crippen LogP contribution is 2.37. The predicted molar refractivity (Wildman–Crippen MR) is 118 cm³/mol. The van der Waals surface area contributed by atoms with Gasteiger partial charge in [0.25, 0.3) is 0 Å². The third-order valence-electron chi connectivity index (χ3n) is 5.49. The van der Waals surface area contributed by atoms with E-state index in [1.807, 2.05) is 17.8 Å². The number of amidine groups is 1. The van der Waals surface area contributed by atoms with E-state index in [0.717, 1.165) is 56.9 Å². The van der Waals surface area contributed by atoms with Gasteiger partial charge in [-0.05, 0) is 49.4 Å². The molecule has 0 aliphatic carbocycles. The molecule has 0 spiro atoms. The molecule has 0 aromatic heterocycles. The molecule has 2 unspecified atom stereocenters. The number of aliphatic imine (C=N–C) groups is 1. The molecule has 2 atom stereocenters. The molecule has 0 radical (unpaired) electrons. The fourth-order valence-electron chi connectivity index (χ4n) is 3.99. The Kier molecular flexibility index (Phi) is 6.18. The van der Waals surface area contributed by atoms with Gasteiger partial charge >= 0.3 is 5.97 Å². The molecular weight excluding hydrogens is 392 g/mol. The van der Waals surface area contributed by atoms with Gasteiger partial charge in [0.2, 0.25) is 0 Å². The van der Waals surface area contributed by atoms with Gasteiger partial charge in [0.05, 0.1) is 16.6 Å². The normalized spacial score (nSPS) is 25.3. The summed E-state index contributed by atoms with van der Waals surface area (Å²) >= 11 is 3.58. The largest absolute Gasteiger partial charge is 0.480 e. The van der Waals surface area contributed by atoms with E-state index < -0.39 is 5.97 Å². The first kappa shape index (κ1) is 19.7. The van der Waals surface area contributed by atoms with Crippen LogP contribution in [0.1, 0.15) is 19.3 Å². The SMILES string of the molecule is NC(=Nc1ccc2c(c1)SCCN2CCN1CCCC1C(=O)O)C1CC=CS1. The lowest BCUT2D eigenvalue weighted by atomic mass is 10.2. The van der Waals surface area contributed by atoms with E-state index in [9.17, 15) is 9.90 Å². The van der Waals surface area contributed by atoms with Crippen LogP contribution in [0.3, 0.4) is 0 Å². The molecule has 28 heavy (non-hydrogen) atoms. The summed E-state index contributed by atoms with van der Waals surface area (Å²) in [5.41, 5.74) is 8.31. The van der Waals surface area contributed by atoms with E-state index >= 15 is 0 Å². The van der Waals surface area contributed by atoms with Gasteiger partial charge in [-0.15, -0.1) is 23.5 Å². The maximum Gasteiger partial charge on any atom is 0.320 e. The molecule has 150 valence electrons. The summed E-state index contributed by atoms with van der Waals surface area (Å²) < 4.78 is 0. The van der Waals surface area contributed by atoms with Crippen LogP contribution in [0.2, 0.25) is 0 Å². The fourth-order valence-corrected chi connectivity index (χ4v) is 5.89. The van der Waals surface area contributed by atoms with Gasteiger partial charge in [-0.2, -0.15) is 0 Å². The van der Waals surface area contributed by atoms with Gasteiger partial charge < -0.3 is 15.7 Å². The maximum absolute atomic E-state index is 11.4. The quantitative estimate of drug-likeness (QED) is 0.542. The van der Waals surface area contributed by atoms with Crippen LogP contribution in [0.4, 0.5) is 11.4 Å². The van der Waals surface area contributed by atoms with Gasteiger partial charge in [0.15, 0.2) is 0 Å². The zero-order valence-corrected chi connectivity index (χ0v) is 17.4. The number of likely N-dealkylation sites (tertiary alicyclic amines) is 1. The summed E-state index contributed by atoms with van der Waals surface area (Å²) in [5, 5.41) is 11.7. The van der Waals surface area contributed by atoms with Crippen molar-refractivity contribution >= 4 is 46.7 Å². The minimum atomic E-state index is -0.692. The topological polar surface area (TPSA) is 82.2 Å². The first-order chi connectivity index (χ1) is 13.6. The van der Waals surface area contributed by atoms with E-state index in [4.69, 9.17) is 5.73 Å². The highest BCUT2D eigenvalue weighted by Gasteiger charge is 2.30. The average molecular weight is 419 g/mol. The Labute approximate surface area is 174 Å². The van der Waals surface area contributed by atoms with Crippen molar-refractivity contribution in [2.24, 2.45) is 10.7 Å². The molecule has 0 amide bonds. The van der Waals surface area contributed by atoms with Crippen LogP contribution >= 0.6 is 23.5 Å². The number of carboxylic acid groups (broad SMARTS) is 1. The summed E-state index contributed by atoms with van der Waals surface area (Å²) in [4.78, 5) is 21.7. The van der Waals surface area contributed by atoms with Crippen molar-refractivity contribution in [1.29, 1.82) is 0 Å². The molecule has 3 heterocycles. The van der Waals surface area contributed by atoms with Crippen LogP contribution in [-0.2, 0) is 4.79 Å². The molecule has 1 aromatic carbocycles. The molecule has 3 aliphatic heterocycles. The fraction of sp³-hybridized carbons (Fsp3) is 0.500. The number of thioether (sulfide) groups is 2. The molecule has 0 saturated carbocycles. The zero-order chi connectivity index (χ0) is 19.5. The Bertz CT molecular complexity index is 790. The lowest BCUT2D eigenvalue weighted by molar-refractivity contribution is -0.142. The number of nitrogens with two attached hydrogens (primary N) is 1. The highest BCUT2D eigenvalue weighted by molar-refractivity contribution is 8.03. The van der Waals surface area contributed by atoms with Gasteiger partial charge in [-0.1, -0.05) is 6.08 Å². The standard InChI is InChI=1S/C20H26N4O2S2/c21-19(17-4-2-11-27-17)22-14-5-6-15-18(13-14)28-12-10-24(15)9-8-23-7-1-3-16(23)20(25)26/h2,5-6,11,13,16-17H,1,3-4,7-10,12H2,(H2,21,22)(H,25,26). The number of allylic oxidation sites excluding steroid dienone is 1. The minimum Gasteiger partial charge on any atom is -0.480 e. The number of carboxylic acids is 1. The van der Waals surface area contributed by atoms with Crippen LogP contribution in [0.15, 0.2) is 39.6 Å². The van der Waals surface area contributed by atoms with Crippen LogP contribution in [-0.4, -0.2) is 65.0 Å². The van der Waals surface area contributed by atoms with E-state index in [1.165, 1.54) is 10.6 Å². The van der Waals surface area contributed by atoms with Gasteiger partial charge in [0.1, 0.15) is 11.9 Å². The molecule has 8 heteroatoms. The first-order valence-electron chi connectivity index (χ1n) is 9.75. The number of aliphatic carboxylic acids is 1. The minimum absolute atomic E-state index is 0.253. The number of fused-ring (bicyclic) bond motifs is 1. The predicted octanol–water partition coefficient (Wildman–Crippen LogP) is 3.16. The van der Waals surface area contributed by atoms with Gasteiger partial charge in [-0.25, -0.2) is 4.99 Å². The number of hydrogen-bond acceptors (Lipinski definition) is 6. The van der Waals surface area contributed by atoms with Crippen LogP contribution in [0.25, 0.3) is 0 Å². The molecule has 4 rings (SSSR count). The van der Waals surface area contributed by atoms with E-state index in [2.05, 4.69) is 38.4 Å². The van der Waals surface area contributed by atoms with E-state index in [-0.39, 0.29) is 11.3 Å². The number of hydrogen-bond donors (Lipinski definition) is 2. The second kappa shape index (κ2) is 8.80. The molecular formula is C20H26N4O2S2. The van der Waals surface area contributed by atoms with Gasteiger partial charge in [-0.3, -0.25) is 9.69 Å². The number of benzene rings is 1. The van der Waals surface area contributed by atoms with E-state index in [0.29, 0.717) is 5.84 Å². The molecule has 6 nitrogen and oxygen atoms in total. The lowest BCUT2D eigenvalue weighted by Gasteiger charge is -2.33. The zero-order valence-electron chi connectivity index (χ0n) is 15.8. The van der Waals surface area contributed by atoms with Crippen molar-refractivity contribution in [2.75, 3.05) is 36.8 Å². The first-order valence-corrected chi connectivity index (χ1v) is 11.7. The van der Waals surface area contributed by atoms with Crippen LogP contribution in [0.5, 0.6) is 0 Å². The molecule has 0 bridgehead atoms. The second-order valence-electron chi connectivity index (χ2n) is 7.29. The monoisotopic (exact) mass is 418 g/mol. The summed E-state index contributed by atoms with van der Waals surface area (Å²) in [6, 6.07) is 5.98. The van der Waals surface area contributed by atoms with Crippen molar-refractivity contribution in [3.63, 3.8) is 0 Å². The lowest BCUT2D eigenvalue weighted by Crippen LogP contribution is -2.42. The molecule has 1 fully saturated rings. The maximum atomic E-state index is 11.4. The number of anilines is 1. The van der Waals surface area contributed by atoms with Crippen LogP contribution < -0.4 is 10.6 Å². The van der Waals surface area contributed by atoms with E-state index in [1.54, 1.807) is 11.8 Å². The number of nitrogens with zero attached hydrogens (tertiary/aromatic N) is 3. The summed E-state index contributed by atoms with van der Waals surface area (Å²) in [5.74, 6) is 1.02. The Morgan fingerprint density at radius 2 is 2.21 bits per heavy atom. The Balaban J connectivity index is 1.43. The summed E-state index contributed by atoms with van der Waals surface area (Å²) in [7, 11) is 0. The Morgan fingerprint density at radius 1 is 1.32 bits per heavy atom.